The monoisotopic (exact) mass is 255 g/mol. The van der Waals surface area contributed by atoms with Crippen molar-refractivity contribution < 1.29 is 0 Å². The topological polar surface area (TPSA) is 43.8 Å². The van der Waals surface area contributed by atoms with E-state index in [1.807, 2.05) is 24.5 Å². The second kappa shape index (κ2) is 4.99. The highest BCUT2D eigenvalue weighted by Gasteiger charge is 2.12. The SMILES string of the molecule is CCn1ccnc1CC(N)c1ccc(Cl)s1. The van der Waals surface area contributed by atoms with E-state index in [0.29, 0.717) is 0 Å². The predicted octanol–water partition coefficient (Wildman–Crippen LogP) is 2.86. The average Bonchev–Trinajstić information content (AvgIpc) is 2.86. The molecule has 0 aliphatic carbocycles. The van der Waals surface area contributed by atoms with Crippen LogP contribution in [0.4, 0.5) is 0 Å². The first-order chi connectivity index (χ1) is 7.70. The van der Waals surface area contributed by atoms with Crippen molar-refractivity contribution in [2.45, 2.75) is 25.9 Å². The van der Waals surface area contributed by atoms with Crippen molar-refractivity contribution in [3.63, 3.8) is 0 Å². The summed E-state index contributed by atoms with van der Waals surface area (Å²) in [4.78, 5) is 5.42. The number of hydrogen-bond acceptors (Lipinski definition) is 3. The molecule has 16 heavy (non-hydrogen) atoms. The minimum absolute atomic E-state index is 0.0230. The number of thiophene rings is 1. The molecule has 0 radical (unpaired) electrons. The minimum atomic E-state index is -0.0230. The van der Waals surface area contributed by atoms with E-state index < -0.39 is 0 Å². The number of rotatable bonds is 4. The van der Waals surface area contributed by atoms with Gasteiger partial charge < -0.3 is 10.3 Å². The molecule has 0 spiro atoms. The summed E-state index contributed by atoms with van der Waals surface area (Å²) < 4.78 is 2.89. The van der Waals surface area contributed by atoms with Crippen molar-refractivity contribution in [1.29, 1.82) is 0 Å². The first kappa shape index (κ1) is 11.6. The molecule has 2 rings (SSSR count). The second-order valence-electron chi connectivity index (χ2n) is 3.58. The van der Waals surface area contributed by atoms with E-state index in [1.54, 1.807) is 0 Å². The van der Waals surface area contributed by atoms with E-state index in [0.717, 1.165) is 28.0 Å². The second-order valence-corrected chi connectivity index (χ2v) is 5.33. The van der Waals surface area contributed by atoms with Crippen LogP contribution in [-0.4, -0.2) is 9.55 Å². The van der Waals surface area contributed by atoms with Gasteiger partial charge >= 0.3 is 0 Å². The highest BCUT2D eigenvalue weighted by atomic mass is 35.5. The van der Waals surface area contributed by atoms with Gasteiger partial charge in [-0.1, -0.05) is 11.6 Å². The maximum atomic E-state index is 6.12. The van der Waals surface area contributed by atoms with Gasteiger partial charge in [0.15, 0.2) is 0 Å². The zero-order valence-electron chi connectivity index (χ0n) is 9.06. The van der Waals surface area contributed by atoms with E-state index in [2.05, 4.69) is 16.5 Å². The van der Waals surface area contributed by atoms with Gasteiger partial charge in [0.05, 0.1) is 4.34 Å². The van der Waals surface area contributed by atoms with Crippen LogP contribution >= 0.6 is 22.9 Å². The lowest BCUT2D eigenvalue weighted by Crippen LogP contribution is -2.15. The Hall–Kier alpha value is -0.840. The van der Waals surface area contributed by atoms with Crippen LogP contribution in [0.1, 0.15) is 23.7 Å². The van der Waals surface area contributed by atoms with Gasteiger partial charge in [0.25, 0.3) is 0 Å². The Balaban J connectivity index is 2.10. The normalized spacial score (nSPS) is 12.9. The molecule has 2 aromatic heterocycles. The summed E-state index contributed by atoms with van der Waals surface area (Å²) in [6, 6.07) is 3.84. The fourth-order valence-corrected chi connectivity index (χ4v) is 2.71. The Morgan fingerprint density at radius 2 is 2.38 bits per heavy atom. The largest absolute Gasteiger partial charge is 0.335 e. The fraction of sp³-hybridized carbons (Fsp3) is 0.364. The summed E-state index contributed by atoms with van der Waals surface area (Å²) in [5, 5.41) is 0. The van der Waals surface area contributed by atoms with E-state index in [1.165, 1.54) is 11.3 Å². The summed E-state index contributed by atoms with van der Waals surface area (Å²) in [6.45, 7) is 3.02. The van der Waals surface area contributed by atoms with Gasteiger partial charge in [-0.25, -0.2) is 4.98 Å². The van der Waals surface area contributed by atoms with E-state index in [4.69, 9.17) is 17.3 Å². The molecule has 3 nitrogen and oxygen atoms in total. The summed E-state index contributed by atoms with van der Waals surface area (Å²) in [5.41, 5.74) is 6.12. The first-order valence-electron chi connectivity index (χ1n) is 5.21. The lowest BCUT2D eigenvalue weighted by atomic mass is 10.2. The van der Waals surface area contributed by atoms with Crippen molar-refractivity contribution in [2.24, 2.45) is 5.73 Å². The smallest absolute Gasteiger partial charge is 0.110 e. The Bertz CT molecular complexity index is 463. The van der Waals surface area contributed by atoms with Crippen molar-refractivity contribution in [1.82, 2.24) is 9.55 Å². The predicted molar refractivity (Wildman–Crippen MR) is 67.9 cm³/mol. The molecule has 2 N–H and O–H groups in total. The number of nitrogens with two attached hydrogens (primary N) is 1. The van der Waals surface area contributed by atoms with Crippen LogP contribution in [0.3, 0.4) is 0 Å². The standard InChI is InChI=1S/C11H14ClN3S/c1-2-15-6-5-14-11(15)7-8(13)9-3-4-10(12)16-9/h3-6,8H,2,7,13H2,1H3. The van der Waals surface area contributed by atoms with Gasteiger partial charge in [-0.2, -0.15) is 0 Å². The molecule has 1 atom stereocenters. The Kier molecular flexibility index (Phi) is 3.63. The molecule has 0 amide bonds. The molecule has 2 aromatic rings. The molecule has 0 saturated heterocycles. The Labute approximate surface area is 104 Å². The quantitative estimate of drug-likeness (QED) is 0.913. The molecular formula is C11H14ClN3S. The number of halogens is 1. The molecule has 0 aliphatic rings. The third-order valence-corrected chi connectivity index (χ3v) is 3.87. The third kappa shape index (κ3) is 2.45. The highest BCUT2D eigenvalue weighted by Crippen LogP contribution is 2.27. The van der Waals surface area contributed by atoms with Gasteiger partial charge in [-0.3, -0.25) is 0 Å². The van der Waals surface area contributed by atoms with Crippen molar-refractivity contribution in [3.05, 3.63) is 39.6 Å². The maximum Gasteiger partial charge on any atom is 0.110 e. The molecule has 0 bridgehead atoms. The number of hydrogen-bond donors (Lipinski definition) is 1. The highest BCUT2D eigenvalue weighted by molar-refractivity contribution is 7.16. The minimum Gasteiger partial charge on any atom is -0.335 e. The zero-order chi connectivity index (χ0) is 11.5. The van der Waals surface area contributed by atoms with E-state index >= 15 is 0 Å². The number of aromatic nitrogens is 2. The molecule has 0 aromatic carbocycles. The van der Waals surface area contributed by atoms with E-state index in [-0.39, 0.29) is 6.04 Å². The van der Waals surface area contributed by atoms with Crippen LogP contribution in [0.5, 0.6) is 0 Å². The molecule has 86 valence electrons. The van der Waals surface area contributed by atoms with Crippen LogP contribution < -0.4 is 5.73 Å². The molecule has 1 unspecified atom stereocenters. The van der Waals surface area contributed by atoms with Crippen LogP contribution in [0.25, 0.3) is 0 Å². The maximum absolute atomic E-state index is 6.12. The molecular weight excluding hydrogens is 242 g/mol. The van der Waals surface area contributed by atoms with Crippen LogP contribution in [0.15, 0.2) is 24.5 Å². The van der Waals surface area contributed by atoms with Gasteiger partial charge in [-0.05, 0) is 19.1 Å². The Morgan fingerprint density at radius 1 is 1.56 bits per heavy atom. The lowest BCUT2D eigenvalue weighted by molar-refractivity contribution is 0.634. The summed E-state index contributed by atoms with van der Waals surface area (Å²) in [6.07, 6.45) is 4.54. The third-order valence-electron chi connectivity index (χ3n) is 2.50. The molecule has 0 fully saturated rings. The van der Waals surface area contributed by atoms with Crippen molar-refractivity contribution >= 4 is 22.9 Å². The molecule has 0 saturated carbocycles. The molecule has 5 heteroatoms. The zero-order valence-corrected chi connectivity index (χ0v) is 10.6. The number of nitrogens with zero attached hydrogens (tertiary/aromatic N) is 2. The average molecular weight is 256 g/mol. The van der Waals surface area contributed by atoms with Gasteiger partial charge in [0.1, 0.15) is 5.82 Å². The number of imidazole rings is 1. The van der Waals surface area contributed by atoms with Gasteiger partial charge in [0, 0.05) is 36.3 Å². The molecule has 2 heterocycles. The summed E-state index contributed by atoms with van der Waals surface area (Å²) in [5.74, 6) is 1.03. The van der Waals surface area contributed by atoms with Crippen molar-refractivity contribution in [3.8, 4) is 0 Å². The lowest BCUT2D eigenvalue weighted by Gasteiger charge is -2.10. The Morgan fingerprint density at radius 3 is 3.00 bits per heavy atom. The summed E-state index contributed by atoms with van der Waals surface area (Å²) >= 11 is 7.42. The van der Waals surface area contributed by atoms with Crippen LogP contribution in [-0.2, 0) is 13.0 Å². The number of aryl methyl sites for hydroxylation is 1. The van der Waals surface area contributed by atoms with Crippen LogP contribution in [0.2, 0.25) is 4.34 Å². The van der Waals surface area contributed by atoms with Crippen molar-refractivity contribution in [2.75, 3.05) is 0 Å². The fourth-order valence-electron chi connectivity index (χ4n) is 1.64. The molecule has 0 aliphatic heterocycles. The van der Waals surface area contributed by atoms with Gasteiger partial charge in [0.2, 0.25) is 0 Å². The van der Waals surface area contributed by atoms with Crippen LogP contribution in [0, 0.1) is 0 Å². The van der Waals surface area contributed by atoms with Gasteiger partial charge in [-0.15, -0.1) is 11.3 Å². The summed E-state index contributed by atoms with van der Waals surface area (Å²) in [7, 11) is 0. The first-order valence-corrected chi connectivity index (χ1v) is 6.41. The van der Waals surface area contributed by atoms with E-state index in [9.17, 15) is 0 Å².